The van der Waals surface area contributed by atoms with Gasteiger partial charge >= 0.3 is 11.9 Å². The number of amides is 2. The fourth-order valence-corrected chi connectivity index (χ4v) is 2.06. The number of rotatable bonds is 8. The number of carbonyl (C=O) groups excluding carboxylic acids is 4. The Balaban J connectivity index is 4.92. The lowest BCUT2D eigenvalue weighted by atomic mass is 10.0. The first-order chi connectivity index (χ1) is 11.4. The largest absolute Gasteiger partial charge is 0.467 e. The second kappa shape index (κ2) is 10.0. The first-order valence-corrected chi connectivity index (χ1v) is 8.24. The number of esters is 2. The van der Waals surface area contributed by atoms with E-state index in [1.807, 2.05) is 0 Å². The summed E-state index contributed by atoms with van der Waals surface area (Å²) in [5, 5.41) is 5.08. The van der Waals surface area contributed by atoms with Crippen LogP contribution in [0.2, 0.25) is 0 Å². The topological polar surface area (TPSA) is 111 Å². The molecule has 0 aliphatic rings. The van der Waals surface area contributed by atoms with E-state index in [1.54, 1.807) is 34.6 Å². The highest BCUT2D eigenvalue weighted by Crippen LogP contribution is 2.11. The van der Waals surface area contributed by atoms with Crippen LogP contribution in [0.3, 0.4) is 0 Å². The van der Waals surface area contributed by atoms with E-state index in [4.69, 9.17) is 4.74 Å². The Kier molecular flexibility index (Phi) is 9.16. The van der Waals surface area contributed by atoms with Crippen molar-refractivity contribution in [1.82, 2.24) is 10.6 Å². The molecule has 0 fully saturated rings. The first kappa shape index (κ1) is 22.9. The molecule has 2 atom stereocenters. The molecule has 8 heteroatoms. The van der Waals surface area contributed by atoms with E-state index >= 15 is 0 Å². The molecule has 0 radical (unpaired) electrons. The summed E-state index contributed by atoms with van der Waals surface area (Å²) < 4.78 is 9.86. The van der Waals surface area contributed by atoms with Gasteiger partial charge in [0.1, 0.15) is 17.7 Å². The van der Waals surface area contributed by atoms with E-state index in [0.717, 1.165) is 0 Å². The Labute approximate surface area is 149 Å². The molecule has 144 valence electrons. The highest BCUT2D eigenvalue weighted by Gasteiger charge is 2.29. The molecule has 0 aromatic rings. The Morgan fingerprint density at radius 2 is 1.60 bits per heavy atom. The molecule has 2 amide bonds. The average Bonchev–Trinajstić information content (AvgIpc) is 2.45. The minimum Gasteiger partial charge on any atom is -0.467 e. The van der Waals surface area contributed by atoms with Gasteiger partial charge in [0.05, 0.1) is 7.11 Å². The van der Waals surface area contributed by atoms with E-state index in [9.17, 15) is 19.2 Å². The van der Waals surface area contributed by atoms with Gasteiger partial charge in [0, 0.05) is 13.3 Å². The molecule has 0 saturated heterocycles. The maximum atomic E-state index is 12.4. The van der Waals surface area contributed by atoms with Crippen molar-refractivity contribution in [2.24, 2.45) is 5.92 Å². The van der Waals surface area contributed by atoms with Crippen LogP contribution in [0.4, 0.5) is 0 Å². The Hall–Kier alpha value is -2.12. The quantitative estimate of drug-likeness (QED) is 0.625. The van der Waals surface area contributed by atoms with Crippen LogP contribution < -0.4 is 10.6 Å². The predicted molar refractivity (Wildman–Crippen MR) is 91.5 cm³/mol. The monoisotopic (exact) mass is 358 g/mol. The van der Waals surface area contributed by atoms with Crippen LogP contribution in [0, 0.1) is 5.92 Å². The van der Waals surface area contributed by atoms with Gasteiger partial charge in [0.25, 0.3) is 0 Å². The van der Waals surface area contributed by atoms with E-state index in [-0.39, 0.29) is 24.7 Å². The number of ether oxygens (including phenoxy) is 2. The maximum Gasteiger partial charge on any atom is 0.328 e. The number of hydrogen-bond donors (Lipinski definition) is 2. The highest BCUT2D eigenvalue weighted by atomic mass is 16.6. The summed E-state index contributed by atoms with van der Waals surface area (Å²) >= 11 is 0. The molecular weight excluding hydrogens is 328 g/mol. The Morgan fingerprint density at radius 3 is 2.00 bits per heavy atom. The molecule has 0 bridgehead atoms. The van der Waals surface area contributed by atoms with Gasteiger partial charge in [-0.25, -0.2) is 4.79 Å². The third-order valence-electron chi connectivity index (χ3n) is 3.17. The molecule has 0 heterocycles. The van der Waals surface area contributed by atoms with Gasteiger partial charge in [-0.2, -0.15) is 0 Å². The smallest absolute Gasteiger partial charge is 0.328 e. The first-order valence-electron chi connectivity index (χ1n) is 8.24. The summed E-state index contributed by atoms with van der Waals surface area (Å²) in [7, 11) is 1.20. The van der Waals surface area contributed by atoms with Crippen molar-refractivity contribution < 1.29 is 28.7 Å². The van der Waals surface area contributed by atoms with Crippen molar-refractivity contribution in [2.75, 3.05) is 7.11 Å². The molecule has 0 aromatic heterocycles. The third-order valence-corrected chi connectivity index (χ3v) is 3.17. The second-order valence-corrected chi connectivity index (χ2v) is 7.13. The van der Waals surface area contributed by atoms with Gasteiger partial charge in [0.2, 0.25) is 11.8 Å². The molecule has 25 heavy (non-hydrogen) atoms. The highest BCUT2D eigenvalue weighted by molar-refractivity contribution is 5.90. The summed E-state index contributed by atoms with van der Waals surface area (Å²) in [6, 6.07) is -1.79. The number of nitrogens with one attached hydrogen (secondary N) is 2. The summed E-state index contributed by atoms with van der Waals surface area (Å²) in [6.45, 7) is 10.1. The summed E-state index contributed by atoms with van der Waals surface area (Å²) in [4.78, 5) is 47.3. The van der Waals surface area contributed by atoms with Crippen molar-refractivity contribution in [3.8, 4) is 0 Å². The Morgan fingerprint density at radius 1 is 1.04 bits per heavy atom. The summed E-state index contributed by atoms with van der Waals surface area (Å²) in [5.74, 6) is -2.17. The van der Waals surface area contributed by atoms with E-state index in [1.165, 1.54) is 14.0 Å². The molecule has 0 aliphatic heterocycles. The number of hydrogen-bond acceptors (Lipinski definition) is 6. The van der Waals surface area contributed by atoms with Crippen molar-refractivity contribution in [3.05, 3.63) is 0 Å². The standard InChI is InChI=1S/C17H30N2O6/c1-10(2)14(18-11(3)20)15(22)19-12(16(23)24-7)8-9-13(21)25-17(4,5)6/h10,12,14H,8-9H2,1-7H3,(H,18,20)(H,19,22)/t12-,14+/m0/s1. The fraction of sp³-hybridized carbons (Fsp3) is 0.765. The zero-order valence-electron chi connectivity index (χ0n) is 16.1. The van der Waals surface area contributed by atoms with Crippen LogP contribution in [-0.4, -0.2) is 48.5 Å². The lowest BCUT2D eigenvalue weighted by molar-refractivity contribution is -0.155. The van der Waals surface area contributed by atoms with E-state index < -0.39 is 35.5 Å². The van der Waals surface area contributed by atoms with Crippen molar-refractivity contribution in [2.45, 2.75) is 72.1 Å². The molecule has 0 saturated carbocycles. The molecule has 0 rings (SSSR count). The molecular formula is C17H30N2O6. The molecule has 0 spiro atoms. The second-order valence-electron chi connectivity index (χ2n) is 7.13. The predicted octanol–water partition coefficient (Wildman–Crippen LogP) is 0.927. The van der Waals surface area contributed by atoms with Gasteiger partial charge in [-0.15, -0.1) is 0 Å². The summed E-state index contributed by atoms with van der Waals surface area (Å²) in [5.41, 5.74) is -0.630. The van der Waals surface area contributed by atoms with Gasteiger partial charge in [-0.1, -0.05) is 13.8 Å². The van der Waals surface area contributed by atoms with Crippen LogP contribution in [0.25, 0.3) is 0 Å². The minimum atomic E-state index is -1.000. The normalized spacial score (nSPS) is 13.6. The molecule has 0 aliphatic carbocycles. The Bertz CT molecular complexity index is 496. The molecule has 2 N–H and O–H groups in total. The lowest BCUT2D eigenvalue weighted by Crippen LogP contribution is -2.53. The SMILES string of the molecule is COC(=O)[C@H](CCC(=O)OC(C)(C)C)NC(=O)[C@H](NC(C)=O)C(C)C. The zero-order valence-corrected chi connectivity index (χ0v) is 16.1. The lowest BCUT2D eigenvalue weighted by Gasteiger charge is -2.24. The molecule has 0 aromatic carbocycles. The van der Waals surface area contributed by atoms with Crippen LogP contribution >= 0.6 is 0 Å². The van der Waals surface area contributed by atoms with Gasteiger partial charge in [-0.3, -0.25) is 14.4 Å². The van der Waals surface area contributed by atoms with Crippen molar-refractivity contribution in [3.63, 3.8) is 0 Å². The number of methoxy groups -OCH3 is 1. The fourth-order valence-electron chi connectivity index (χ4n) is 2.06. The number of carbonyl (C=O) groups is 4. The molecule has 8 nitrogen and oxygen atoms in total. The maximum absolute atomic E-state index is 12.4. The minimum absolute atomic E-state index is 0.0399. The average molecular weight is 358 g/mol. The van der Waals surface area contributed by atoms with Crippen LogP contribution in [0.5, 0.6) is 0 Å². The van der Waals surface area contributed by atoms with E-state index in [0.29, 0.717) is 0 Å². The van der Waals surface area contributed by atoms with Crippen LogP contribution in [0.1, 0.15) is 54.4 Å². The van der Waals surface area contributed by atoms with Gasteiger partial charge in [0.15, 0.2) is 0 Å². The third kappa shape index (κ3) is 9.69. The van der Waals surface area contributed by atoms with Crippen molar-refractivity contribution >= 4 is 23.8 Å². The van der Waals surface area contributed by atoms with Gasteiger partial charge in [-0.05, 0) is 33.1 Å². The van der Waals surface area contributed by atoms with Gasteiger partial charge < -0.3 is 20.1 Å². The van der Waals surface area contributed by atoms with Crippen LogP contribution in [0.15, 0.2) is 0 Å². The van der Waals surface area contributed by atoms with Crippen molar-refractivity contribution in [1.29, 1.82) is 0 Å². The van der Waals surface area contributed by atoms with Crippen LogP contribution in [-0.2, 0) is 28.7 Å². The zero-order chi connectivity index (χ0) is 19.8. The summed E-state index contributed by atoms with van der Waals surface area (Å²) in [6.07, 6.45) is -0.0119. The van der Waals surface area contributed by atoms with E-state index in [2.05, 4.69) is 15.4 Å². The molecule has 0 unspecified atom stereocenters.